The number of nitrogens with zero attached hydrogens (tertiary/aromatic N) is 4. The van der Waals surface area contributed by atoms with Crippen LogP contribution in [0.1, 0.15) is 0 Å². The number of benzene rings is 1. The molecule has 2 aliphatic rings. The maximum absolute atomic E-state index is 13.0. The number of rotatable bonds is 4. The topological polar surface area (TPSA) is 87.5 Å². The Labute approximate surface area is 148 Å². The summed E-state index contributed by atoms with van der Waals surface area (Å²) >= 11 is 0. The standard InChI is InChI=1S/C17H16FN5O3/c18-13-3-1-11(2-4-13)12-5-20-22(7-12)10-16(25)21-8-14(9-21)23-15(24)6-19-17(23)26/h1-5,7,14H,6,8-10H2,(H,19,26). The van der Waals surface area contributed by atoms with Crippen LogP contribution in [0.2, 0.25) is 0 Å². The van der Waals surface area contributed by atoms with Gasteiger partial charge in [-0.25, -0.2) is 9.18 Å². The van der Waals surface area contributed by atoms with E-state index in [0.717, 1.165) is 11.1 Å². The molecule has 4 rings (SSSR count). The second kappa shape index (κ2) is 6.25. The zero-order valence-electron chi connectivity index (χ0n) is 13.8. The van der Waals surface area contributed by atoms with Crippen LogP contribution in [-0.2, 0) is 16.1 Å². The Morgan fingerprint density at radius 3 is 2.58 bits per heavy atom. The summed E-state index contributed by atoms with van der Waals surface area (Å²) in [6, 6.07) is 5.37. The van der Waals surface area contributed by atoms with Gasteiger partial charge in [0.05, 0.1) is 18.8 Å². The summed E-state index contributed by atoms with van der Waals surface area (Å²) in [7, 11) is 0. The largest absolute Gasteiger partial charge is 0.337 e. The molecular formula is C17H16FN5O3. The van der Waals surface area contributed by atoms with E-state index in [2.05, 4.69) is 10.4 Å². The molecule has 0 bridgehead atoms. The fraction of sp³-hybridized carbons (Fsp3) is 0.294. The van der Waals surface area contributed by atoms with E-state index in [-0.39, 0.29) is 36.8 Å². The molecule has 0 saturated carbocycles. The summed E-state index contributed by atoms with van der Waals surface area (Å²) in [6.07, 6.45) is 3.34. The van der Waals surface area contributed by atoms with E-state index in [1.54, 1.807) is 29.4 Å². The van der Waals surface area contributed by atoms with Gasteiger partial charge in [-0.2, -0.15) is 5.10 Å². The number of halogens is 1. The molecule has 9 heteroatoms. The number of hydrogen-bond acceptors (Lipinski definition) is 4. The van der Waals surface area contributed by atoms with Gasteiger partial charge in [-0.15, -0.1) is 0 Å². The Hall–Kier alpha value is -3.23. The highest BCUT2D eigenvalue weighted by Crippen LogP contribution is 2.20. The fourth-order valence-corrected chi connectivity index (χ4v) is 3.11. The Morgan fingerprint density at radius 2 is 1.92 bits per heavy atom. The van der Waals surface area contributed by atoms with Crippen molar-refractivity contribution in [3.63, 3.8) is 0 Å². The van der Waals surface area contributed by atoms with Gasteiger partial charge in [-0.05, 0) is 17.7 Å². The molecule has 1 N–H and O–H groups in total. The Bertz CT molecular complexity index is 857. The normalized spacial score (nSPS) is 17.4. The first-order chi connectivity index (χ1) is 12.5. The number of hydrogen-bond donors (Lipinski definition) is 1. The molecule has 2 saturated heterocycles. The number of likely N-dealkylation sites (tertiary alicyclic amines) is 1. The fourth-order valence-electron chi connectivity index (χ4n) is 3.11. The van der Waals surface area contributed by atoms with E-state index in [1.165, 1.54) is 21.7 Å². The van der Waals surface area contributed by atoms with Crippen molar-refractivity contribution in [1.29, 1.82) is 0 Å². The van der Waals surface area contributed by atoms with Gasteiger partial charge >= 0.3 is 6.03 Å². The monoisotopic (exact) mass is 357 g/mol. The average molecular weight is 357 g/mol. The SMILES string of the molecule is O=C(Cn1cc(-c2ccc(F)cc2)cn1)N1CC(N2C(=O)CNC2=O)C1. The average Bonchev–Trinajstić information content (AvgIpc) is 3.16. The molecule has 2 fully saturated rings. The molecule has 0 aliphatic carbocycles. The molecule has 8 nitrogen and oxygen atoms in total. The zero-order valence-corrected chi connectivity index (χ0v) is 13.8. The van der Waals surface area contributed by atoms with E-state index >= 15 is 0 Å². The lowest BCUT2D eigenvalue weighted by Crippen LogP contribution is -2.63. The summed E-state index contributed by atoms with van der Waals surface area (Å²) in [4.78, 5) is 38.3. The van der Waals surface area contributed by atoms with Crippen LogP contribution >= 0.6 is 0 Å². The third kappa shape index (κ3) is 2.92. The van der Waals surface area contributed by atoms with E-state index in [9.17, 15) is 18.8 Å². The van der Waals surface area contributed by atoms with Crippen molar-refractivity contribution in [2.45, 2.75) is 12.6 Å². The lowest BCUT2D eigenvalue weighted by Gasteiger charge is -2.42. The first kappa shape index (κ1) is 16.2. The highest BCUT2D eigenvalue weighted by Gasteiger charge is 2.42. The number of imide groups is 1. The first-order valence-electron chi connectivity index (χ1n) is 8.17. The molecule has 4 amide bonds. The molecule has 0 radical (unpaired) electrons. The predicted octanol–water partition coefficient (Wildman–Crippen LogP) is 0.452. The molecular weight excluding hydrogens is 341 g/mol. The molecule has 3 heterocycles. The van der Waals surface area contributed by atoms with Gasteiger partial charge in [0.15, 0.2) is 0 Å². The van der Waals surface area contributed by atoms with Crippen molar-refractivity contribution < 1.29 is 18.8 Å². The number of amides is 4. The van der Waals surface area contributed by atoms with E-state index in [1.807, 2.05) is 0 Å². The molecule has 1 aromatic carbocycles. The van der Waals surface area contributed by atoms with Crippen LogP contribution in [0.15, 0.2) is 36.7 Å². The highest BCUT2D eigenvalue weighted by molar-refractivity contribution is 6.02. The minimum Gasteiger partial charge on any atom is -0.337 e. The Kier molecular flexibility index (Phi) is 3.90. The molecule has 26 heavy (non-hydrogen) atoms. The number of aromatic nitrogens is 2. The van der Waals surface area contributed by atoms with Gasteiger partial charge < -0.3 is 10.2 Å². The number of nitrogens with one attached hydrogen (secondary N) is 1. The Morgan fingerprint density at radius 1 is 1.19 bits per heavy atom. The lowest BCUT2D eigenvalue weighted by molar-refractivity contribution is -0.142. The van der Waals surface area contributed by atoms with Crippen molar-refractivity contribution in [3.8, 4) is 11.1 Å². The lowest BCUT2D eigenvalue weighted by atomic mass is 10.1. The van der Waals surface area contributed by atoms with Gasteiger partial charge in [-0.1, -0.05) is 12.1 Å². The van der Waals surface area contributed by atoms with Gasteiger partial charge in [0, 0.05) is 24.8 Å². The van der Waals surface area contributed by atoms with Crippen LogP contribution in [0.3, 0.4) is 0 Å². The molecule has 134 valence electrons. The van der Waals surface area contributed by atoms with Crippen molar-refractivity contribution in [3.05, 3.63) is 42.5 Å². The summed E-state index contributed by atoms with van der Waals surface area (Å²) in [5.41, 5.74) is 1.60. The van der Waals surface area contributed by atoms with Crippen LogP contribution < -0.4 is 5.32 Å². The first-order valence-corrected chi connectivity index (χ1v) is 8.17. The summed E-state index contributed by atoms with van der Waals surface area (Å²) in [5, 5.41) is 6.63. The second-order valence-corrected chi connectivity index (χ2v) is 6.31. The van der Waals surface area contributed by atoms with E-state index < -0.39 is 6.03 Å². The second-order valence-electron chi connectivity index (χ2n) is 6.31. The van der Waals surface area contributed by atoms with E-state index in [0.29, 0.717) is 13.1 Å². The molecule has 0 spiro atoms. The quantitative estimate of drug-likeness (QED) is 0.805. The maximum atomic E-state index is 13.0. The van der Waals surface area contributed by atoms with Gasteiger partial charge in [-0.3, -0.25) is 19.2 Å². The van der Waals surface area contributed by atoms with Crippen LogP contribution in [0.4, 0.5) is 9.18 Å². The number of carbonyl (C=O) groups is 3. The van der Waals surface area contributed by atoms with Crippen LogP contribution in [0.5, 0.6) is 0 Å². The molecule has 1 aromatic heterocycles. The highest BCUT2D eigenvalue weighted by atomic mass is 19.1. The minimum absolute atomic E-state index is 0.0166. The number of carbonyl (C=O) groups excluding carboxylic acids is 3. The smallest absolute Gasteiger partial charge is 0.324 e. The molecule has 0 atom stereocenters. The van der Waals surface area contributed by atoms with Crippen LogP contribution in [0.25, 0.3) is 11.1 Å². The van der Waals surface area contributed by atoms with E-state index in [4.69, 9.17) is 0 Å². The maximum Gasteiger partial charge on any atom is 0.324 e. The van der Waals surface area contributed by atoms with Gasteiger partial charge in [0.2, 0.25) is 11.8 Å². The summed E-state index contributed by atoms with van der Waals surface area (Å²) < 4.78 is 14.5. The van der Waals surface area contributed by atoms with Crippen molar-refractivity contribution in [2.24, 2.45) is 0 Å². The zero-order chi connectivity index (χ0) is 18.3. The van der Waals surface area contributed by atoms with Crippen molar-refractivity contribution in [1.82, 2.24) is 24.9 Å². The minimum atomic E-state index is -0.400. The number of urea groups is 1. The van der Waals surface area contributed by atoms with Gasteiger partial charge in [0.25, 0.3) is 0 Å². The third-order valence-electron chi connectivity index (χ3n) is 4.57. The summed E-state index contributed by atoms with van der Waals surface area (Å²) in [5.74, 6) is -0.709. The molecule has 2 aromatic rings. The van der Waals surface area contributed by atoms with Crippen molar-refractivity contribution >= 4 is 17.8 Å². The van der Waals surface area contributed by atoms with Gasteiger partial charge in [0.1, 0.15) is 12.4 Å². The Balaban J connectivity index is 1.34. The third-order valence-corrected chi connectivity index (χ3v) is 4.57. The molecule has 2 aliphatic heterocycles. The molecule has 0 unspecified atom stereocenters. The van der Waals surface area contributed by atoms with Crippen molar-refractivity contribution in [2.75, 3.05) is 19.6 Å². The summed E-state index contributed by atoms with van der Waals surface area (Å²) in [6.45, 7) is 0.755. The van der Waals surface area contributed by atoms with Crippen LogP contribution in [-0.4, -0.2) is 63.1 Å². The predicted molar refractivity (Wildman–Crippen MR) is 88.2 cm³/mol. The van der Waals surface area contributed by atoms with Crippen LogP contribution in [0, 0.1) is 5.82 Å².